The van der Waals surface area contributed by atoms with Crippen LogP contribution in [-0.2, 0) is 16.1 Å². The van der Waals surface area contributed by atoms with Crippen molar-refractivity contribution < 1.29 is 14.3 Å². The Balaban J connectivity index is 1.44. The highest BCUT2D eigenvalue weighted by Gasteiger charge is 2.21. The fraction of sp³-hybridized carbons (Fsp3) is 0.320. The molecule has 1 aliphatic heterocycles. The second-order valence-corrected chi connectivity index (χ2v) is 8.76. The predicted octanol–water partition coefficient (Wildman–Crippen LogP) is 4.21. The number of nitrogens with one attached hydrogen (secondary N) is 2. The van der Waals surface area contributed by atoms with Crippen LogP contribution in [0, 0.1) is 0 Å². The number of imidazole rings is 1. The zero-order valence-corrected chi connectivity index (χ0v) is 19.4. The Kier molecular flexibility index (Phi) is 7.80. The number of carbonyl (C=O) groups is 2. The fourth-order valence-corrected chi connectivity index (χ4v) is 4.60. The Morgan fingerprint density at radius 3 is 2.79 bits per heavy atom. The number of anilines is 1. The minimum Gasteiger partial charge on any atom is -0.376 e. The highest BCUT2D eigenvalue weighted by atomic mass is 32.2. The van der Waals surface area contributed by atoms with Gasteiger partial charge in [0.1, 0.15) is 0 Å². The van der Waals surface area contributed by atoms with Gasteiger partial charge in [-0.05, 0) is 43.5 Å². The van der Waals surface area contributed by atoms with Crippen LogP contribution in [0.2, 0.25) is 0 Å². The first-order valence-electron chi connectivity index (χ1n) is 11.2. The Hall–Kier alpha value is -3.10. The third-order valence-corrected chi connectivity index (χ3v) is 6.37. The van der Waals surface area contributed by atoms with Crippen LogP contribution in [0.3, 0.4) is 0 Å². The first-order valence-corrected chi connectivity index (χ1v) is 12.2. The van der Waals surface area contributed by atoms with Crippen LogP contribution < -0.4 is 10.6 Å². The summed E-state index contributed by atoms with van der Waals surface area (Å²) >= 11 is 1.40. The number of nitrogens with zero attached hydrogens (tertiary/aromatic N) is 2. The van der Waals surface area contributed by atoms with Crippen molar-refractivity contribution in [3.8, 4) is 11.3 Å². The molecule has 7 nitrogen and oxygen atoms in total. The molecule has 0 spiro atoms. The molecule has 1 aromatic heterocycles. The average molecular weight is 465 g/mol. The van der Waals surface area contributed by atoms with Gasteiger partial charge in [0.15, 0.2) is 5.16 Å². The van der Waals surface area contributed by atoms with E-state index in [1.807, 2.05) is 31.3 Å². The summed E-state index contributed by atoms with van der Waals surface area (Å²) in [5.41, 5.74) is 3.21. The molecule has 1 atom stereocenters. The summed E-state index contributed by atoms with van der Waals surface area (Å²) in [6.07, 6.45) is 4.12. The number of thioether (sulfide) groups is 1. The smallest absolute Gasteiger partial charge is 0.251 e. The number of amides is 2. The van der Waals surface area contributed by atoms with E-state index >= 15 is 0 Å². The van der Waals surface area contributed by atoms with Gasteiger partial charge in [0.05, 0.1) is 30.3 Å². The molecule has 0 aliphatic carbocycles. The van der Waals surface area contributed by atoms with E-state index in [2.05, 4.69) is 32.3 Å². The minimum absolute atomic E-state index is 0.152. The summed E-state index contributed by atoms with van der Waals surface area (Å²) in [6.45, 7) is 3.92. The van der Waals surface area contributed by atoms with E-state index in [0.717, 1.165) is 35.9 Å². The van der Waals surface area contributed by atoms with Gasteiger partial charge in [-0.3, -0.25) is 9.59 Å². The summed E-state index contributed by atoms with van der Waals surface area (Å²) in [7, 11) is 0. The molecule has 2 heterocycles. The normalized spacial score (nSPS) is 15.4. The van der Waals surface area contributed by atoms with E-state index in [0.29, 0.717) is 24.3 Å². The summed E-state index contributed by atoms with van der Waals surface area (Å²) in [6, 6.07) is 17.1. The summed E-state index contributed by atoms with van der Waals surface area (Å²) in [5, 5.41) is 6.43. The van der Waals surface area contributed by atoms with E-state index in [1.54, 1.807) is 24.3 Å². The lowest BCUT2D eigenvalue weighted by molar-refractivity contribution is -0.113. The van der Waals surface area contributed by atoms with Gasteiger partial charge in [-0.25, -0.2) is 4.98 Å². The van der Waals surface area contributed by atoms with Gasteiger partial charge >= 0.3 is 0 Å². The highest BCUT2D eigenvalue weighted by Crippen LogP contribution is 2.28. The number of benzene rings is 2. The second-order valence-electron chi connectivity index (χ2n) is 7.81. The maximum Gasteiger partial charge on any atom is 0.251 e. The van der Waals surface area contributed by atoms with Crippen LogP contribution in [0.25, 0.3) is 11.3 Å². The first-order chi connectivity index (χ1) is 16.1. The van der Waals surface area contributed by atoms with Crippen molar-refractivity contribution in [1.82, 2.24) is 14.9 Å². The molecule has 1 saturated heterocycles. The standard InChI is InChI=1S/C25H28N4O3S/c1-2-26-24(31)19-10-6-11-20(14-19)28-23(30)17-33-25-27-15-22(18-8-4-3-5-9-18)29(25)16-21-12-7-13-32-21/h3-6,8-11,14-15,21H,2,7,12-13,16-17H2,1H3,(H,26,31)(H,28,30). The van der Waals surface area contributed by atoms with Gasteiger partial charge < -0.3 is 19.9 Å². The zero-order valence-electron chi connectivity index (χ0n) is 18.6. The molecule has 2 N–H and O–H groups in total. The third-order valence-electron chi connectivity index (χ3n) is 5.38. The van der Waals surface area contributed by atoms with Gasteiger partial charge in [0.25, 0.3) is 5.91 Å². The summed E-state index contributed by atoms with van der Waals surface area (Å²) in [4.78, 5) is 29.3. The monoisotopic (exact) mass is 464 g/mol. The molecule has 3 aromatic rings. The molecule has 172 valence electrons. The van der Waals surface area contributed by atoms with Gasteiger partial charge in [-0.15, -0.1) is 0 Å². The number of hydrogen-bond acceptors (Lipinski definition) is 5. The predicted molar refractivity (Wildman–Crippen MR) is 130 cm³/mol. The van der Waals surface area contributed by atoms with E-state index < -0.39 is 0 Å². The molecule has 2 aromatic carbocycles. The molecule has 33 heavy (non-hydrogen) atoms. The Bertz CT molecular complexity index is 1090. The van der Waals surface area contributed by atoms with Crippen LogP contribution in [0.15, 0.2) is 66.0 Å². The van der Waals surface area contributed by atoms with E-state index in [1.165, 1.54) is 11.8 Å². The molecular weight excluding hydrogens is 436 g/mol. The van der Waals surface area contributed by atoms with Gasteiger partial charge in [-0.1, -0.05) is 48.2 Å². The van der Waals surface area contributed by atoms with Crippen molar-refractivity contribution in [2.45, 2.75) is 37.6 Å². The number of carbonyl (C=O) groups excluding carboxylic acids is 2. The zero-order chi connectivity index (χ0) is 23.0. The molecule has 0 radical (unpaired) electrons. The molecular formula is C25H28N4O3S. The maximum absolute atomic E-state index is 12.6. The van der Waals surface area contributed by atoms with Crippen molar-refractivity contribution in [3.05, 3.63) is 66.4 Å². The summed E-state index contributed by atoms with van der Waals surface area (Å²) in [5.74, 6) is -0.101. The Morgan fingerprint density at radius 1 is 1.18 bits per heavy atom. The molecule has 1 aliphatic rings. The Morgan fingerprint density at radius 2 is 2.03 bits per heavy atom. The van der Waals surface area contributed by atoms with E-state index in [-0.39, 0.29) is 23.7 Å². The van der Waals surface area contributed by atoms with Crippen LogP contribution in [-0.4, -0.2) is 46.4 Å². The van der Waals surface area contributed by atoms with Gasteiger partial charge in [-0.2, -0.15) is 0 Å². The molecule has 1 fully saturated rings. The number of rotatable bonds is 9. The third kappa shape index (κ3) is 6.03. The molecule has 4 rings (SSSR count). The number of aromatic nitrogens is 2. The van der Waals surface area contributed by atoms with E-state index in [9.17, 15) is 9.59 Å². The van der Waals surface area contributed by atoms with Crippen molar-refractivity contribution in [3.63, 3.8) is 0 Å². The lowest BCUT2D eigenvalue weighted by Crippen LogP contribution is -2.23. The topological polar surface area (TPSA) is 85.3 Å². The first kappa shape index (κ1) is 23.1. The van der Waals surface area contributed by atoms with Gasteiger partial charge in [0, 0.05) is 24.4 Å². The second kappa shape index (κ2) is 11.2. The quantitative estimate of drug-likeness (QED) is 0.464. The van der Waals surface area contributed by atoms with Crippen LogP contribution in [0.5, 0.6) is 0 Å². The van der Waals surface area contributed by atoms with Crippen molar-refractivity contribution in [2.75, 3.05) is 24.2 Å². The molecule has 0 bridgehead atoms. The van der Waals surface area contributed by atoms with Crippen LogP contribution in [0.1, 0.15) is 30.1 Å². The Labute approximate surface area is 197 Å². The maximum atomic E-state index is 12.6. The van der Waals surface area contributed by atoms with Crippen molar-refractivity contribution >= 4 is 29.3 Å². The van der Waals surface area contributed by atoms with Crippen LogP contribution >= 0.6 is 11.8 Å². The van der Waals surface area contributed by atoms with Crippen molar-refractivity contribution in [1.29, 1.82) is 0 Å². The molecule has 8 heteroatoms. The molecule has 1 unspecified atom stereocenters. The molecule has 2 amide bonds. The summed E-state index contributed by atoms with van der Waals surface area (Å²) < 4.78 is 8.01. The largest absolute Gasteiger partial charge is 0.376 e. The highest BCUT2D eigenvalue weighted by molar-refractivity contribution is 7.99. The minimum atomic E-state index is -0.160. The SMILES string of the molecule is CCNC(=O)c1cccc(NC(=O)CSc2ncc(-c3ccccc3)n2CC2CCCO2)c1. The van der Waals surface area contributed by atoms with Crippen LogP contribution in [0.4, 0.5) is 5.69 Å². The van der Waals surface area contributed by atoms with Crippen molar-refractivity contribution in [2.24, 2.45) is 0 Å². The number of hydrogen-bond donors (Lipinski definition) is 2. The van der Waals surface area contributed by atoms with E-state index in [4.69, 9.17) is 4.74 Å². The lowest BCUT2D eigenvalue weighted by atomic mass is 10.1. The fourth-order valence-electron chi connectivity index (χ4n) is 3.81. The van der Waals surface area contributed by atoms with Gasteiger partial charge in [0.2, 0.25) is 5.91 Å². The molecule has 0 saturated carbocycles. The number of ether oxygens (including phenoxy) is 1. The average Bonchev–Trinajstić information content (AvgIpc) is 3.49. The lowest BCUT2D eigenvalue weighted by Gasteiger charge is -2.16.